The van der Waals surface area contributed by atoms with E-state index in [9.17, 15) is 23.3 Å². The van der Waals surface area contributed by atoms with Gasteiger partial charge < -0.3 is 4.42 Å². The first-order chi connectivity index (χ1) is 13.6. The van der Waals surface area contributed by atoms with Crippen molar-refractivity contribution in [2.75, 3.05) is 5.43 Å². The van der Waals surface area contributed by atoms with E-state index in [2.05, 4.69) is 10.5 Å². The number of nitro benzene ring substituents is 1. The Morgan fingerprint density at radius 1 is 1.17 bits per heavy atom. The number of benzene rings is 2. The standard InChI is InChI=1S/C19H13ClF3N3O3/c1-11-2-4-13(20)9-15(11)18-7-5-14(29-18)10-24-25-16-6-3-12(19(21,22)23)8-17(16)26(27)28/h2-10,25H,1H3/b24-10-. The molecule has 0 atom stereocenters. The molecule has 0 aliphatic heterocycles. The third-order valence-corrected chi connectivity index (χ3v) is 4.23. The van der Waals surface area contributed by atoms with Crippen molar-refractivity contribution in [2.45, 2.75) is 13.1 Å². The van der Waals surface area contributed by atoms with Crippen LogP contribution in [0.2, 0.25) is 5.02 Å². The molecule has 0 saturated carbocycles. The number of halogens is 4. The van der Waals surface area contributed by atoms with Gasteiger partial charge in [-0.25, -0.2) is 0 Å². The highest BCUT2D eigenvalue weighted by atomic mass is 35.5. The fourth-order valence-corrected chi connectivity index (χ4v) is 2.72. The monoisotopic (exact) mass is 423 g/mol. The third-order valence-electron chi connectivity index (χ3n) is 3.99. The van der Waals surface area contributed by atoms with Crippen molar-refractivity contribution < 1.29 is 22.5 Å². The van der Waals surface area contributed by atoms with Crippen molar-refractivity contribution in [3.05, 3.63) is 80.6 Å². The molecule has 1 N–H and O–H groups in total. The molecule has 150 valence electrons. The molecular weight excluding hydrogens is 411 g/mol. The zero-order chi connectivity index (χ0) is 21.2. The molecular formula is C19H13ClF3N3O3. The molecule has 0 unspecified atom stereocenters. The van der Waals surface area contributed by atoms with Gasteiger partial charge in [-0.05, 0) is 48.9 Å². The number of anilines is 1. The molecule has 3 aromatic rings. The summed E-state index contributed by atoms with van der Waals surface area (Å²) < 4.78 is 43.9. The zero-order valence-corrected chi connectivity index (χ0v) is 15.6. The van der Waals surface area contributed by atoms with Gasteiger partial charge in [-0.3, -0.25) is 15.5 Å². The number of furan rings is 1. The Balaban J connectivity index is 1.79. The minimum absolute atomic E-state index is 0.184. The Kier molecular flexibility index (Phi) is 5.60. The molecule has 2 aromatic carbocycles. The summed E-state index contributed by atoms with van der Waals surface area (Å²) in [6, 6.07) is 10.8. The molecule has 1 aromatic heterocycles. The van der Waals surface area contributed by atoms with Gasteiger partial charge in [0.2, 0.25) is 0 Å². The SMILES string of the molecule is Cc1ccc(Cl)cc1-c1ccc(/C=N\Nc2ccc(C(F)(F)F)cc2[N+](=O)[O-])o1. The van der Waals surface area contributed by atoms with E-state index in [0.717, 1.165) is 23.3 Å². The van der Waals surface area contributed by atoms with Crippen LogP contribution >= 0.6 is 11.6 Å². The number of aryl methyl sites for hydroxylation is 1. The predicted octanol–water partition coefficient (Wildman–Crippen LogP) is 6.28. The Bertz CT molecular complexity index is 1090. The minimum atomic E-state index is -4.68. The van der Waals surface area contributed by atoms with Gasteiger partial charge in [-0.2, -0.15) is 18.3 Å². The van der Waals surface area contributed by atoms with Crippen LogP contribution in [-0.4, -0.2) is 11.1 Å². The summed E-state index contributed by atoms with van der Waals surface area (Å²) in [6.07, 6.45) is -3.43. The molecule has 0 radical (unpaired) electrons. The van der Waals surface area contributed by atoms with Gasteiger partial charge in [-0.1, -0.05) is 17.7 Å². The fourth-order valence-electron chi connectivity index (χ4n) is 2.55. The van der Waals surface area contributed by atoms with Crippen LogP contribution in [0.1, 0.15) is 16.9 Å². The molecule has 10 heteroatoms. The van der Waals surface area contributed by atoms with Gasteiger partial charge >= 0.3 is 6.18 Å². The highest BCUT2D eigenvalue weighted by molar-refractivity contribution is 6.30. The van der Waals surface area contributed by atoms with E-state index in [-0.39, 0.29) is 5.69 Å². The lowest BCUT2D eigenvalue weighted by Gasteiger charge is -2.08. The number of hydrogen-bond donors (Lipinski definition) is 1. The van der Waals surface area contributed by atoms with E-state index in [1.54, 1.807) is 24.3 Å². The van der Waals surface area contributed by atoms with Crippen LogP contribution in [0.5, 0.6) is 0 Å². The van der Waals surface area contributed by atoms with E-state index in [1.165, 1.54) is 6.21 Å². The lowest BCUT2D eigenvalue weighted by atomic mass is 10.1. The van der Waals surface area contributed by atoms with Crippen molar-refractivity contribution in [2.24, 2.45) is 5.10 Å². The van der Waals surface area contributed by atoms with Crippen molar-refractivity contribution in [1.82, 2.24) is 0 Å². The average Bonchev–Trinajstić information content (AvgIpc) is 3.11. The summed E-state index contributed by atoms with van der Waals surface area (Å²) >= 11 is 6.00. The maximum Gasteiger partial charge on any atom is 0.416 e. The van der Waals surface area contributed by atoms with Crippen molar-refractivity contribution in [3.8, 4) is 11.3 Å². The van der Waals surface area contributed by atoms with E-state index < -0.39 is 22.4 Å². The first-order valence-electron chi connectivity index (χ1n) is 8.16. The molecule has 29 heavy (non-hydrogen) atoms. The summed E-state index contributed by atoms with van der Waals surface area (Å²) in [5.74, 6) is 0.883. The first kappa shape index (κ1) is 20.4. The molecule has 0 fully saturated rings. The number of hydrogen-bond acceptors (Lipinski definition) is 5. The van der Waals surface area contributed by atoms with E-state index in [1.807, 2.05) is 13.0 Å². The van der Waals surface area contributed by atoms with Gasteiger partial charge in [0.15, 0.2) is 0 Å². The fraction of sp³-hybridized carbons (Fsp3) is 0.105. The first-order valence-corrected chi connectivity index (χ1v) is 8.54. The maximum atomic E-state index is 12.7. The van der Waals surface area contributed by atoms with Crippen LogP contribution in [0, 0.1) is 17.0 Å². The average molecular weight is 424 g/mol. The molecule has 0 saturated heterocycles. The van der Waals surface area contributed by atoms with Gasteiger partial charge in [0.25, 0.3) is 5.69 Å². The quantitative estimate of drug-likeness (QED) is 0.297. The van der Waals surface area contributed by atoms with Crippen LogP contribution in [0.15, 0.2) is 58.0 Å². The van der Waals surface area contributed by atoms with Gasteiger partial charge in [-0.15, -0.1) is 0 Å². The number of alkyl halides is 3. The number of nitrogens with zero attached hydrogens (tertiary/aromatic N) is 2. The molecule has 1 heterocycles. The van der Waals surface area contributed by atoms with Crippen molar-refractivity contribution in [3.63, 3.8) is 0 Å². The minimum Gasteiger partial charge on any atom is -0.455 e. The number of nitrogens with one attached hydrogen (secondary N) is 1. The second-order valence-electron chi connectivity index (χ2n) is 6.02. The molecule has 0 spiro atoms. The Hall–Kier alpha value is -3.33. The largest absolute Gasteiger partial charge is 0.455 e. The molecule has 0 aliphatic rings. The second-order valence-corrected chi connectivity index (χ2v) is 6.45. The van der Waals surface area contributed by atoms with Crippen LogP contribution in [0.25, 0.3) is 11.3 Å². The van der Waals surface area contributed by atoms with E-state index in [0.29, 0.717) is 22.6 Å². The normalized spacial score (nSPS) is 11.8. The molecule has 3 rings (SSSR count). The highest BCUT2D eigenvalue weighted by Crippen LogP contribution is 2.35. The van der Waals surface area contributed by atoms with Crippen molar-refractivity contribution >= 4 is 29.2 Å². The summed E-state index contributed by atoms with van der Waals surface area (Å²) in [5.41, 5.74) is 2.07. The summed E-state index contributed by atoms with van der Waals surface area (Å²) in [7, 11) is 0. The number of hydrazone groups is 1. The highest BCUT2D eigenvalue weighted by Gasteiger charge is 2.33. The lowest BCUT2D eigenvalue weighted by Crippen LogP contribution is -2.06. The Morgan fingerprint density at radius 2 is 1.93 bits per heavy atom. The maximum absolute atomic E-state index is 12.7. The topological polar surface area (TPSA) is 80.7 Å². The third kappa shape index (κ3) is 4.75. The molecule has 0 aliphatic carbocycles. The van der Waals surface area contributed by atoms with Crippen LogP contribution in [0.4, 0.5) is 24.5 Å². The van der Waals surface area contributed by atoms with E-state index >= 15 is 0 Å². The second kappa shape index (κ2) is 7.96. The van der Waals surface area contributed by atoms with Gasteiger partial charge in [0.05, 0.1) is 16.7 Å². The van der Waals surface area contributed by atoms with E-state index in [4.69, 9.17) is 16.0 Å². The Morgan fingerprint density at radius 3 is 2.62 bits per heavy atom. The van der Waals surface area contributed by atoms with Crippen LogP contribution in [-0.2, 0) is 6.18 Å². The molecule has 0 amide bonds. The van der Waals surface area contributed by atoms with Crippen LogP contribution < -0.4 is 5.43 Å². The molecule has 0 bridgehead atoms. The molecule has 6 nitrogen and oxygen atoms in total. The zero-order valence-electron chi connectivity index (χ0n) is 14.8. The lowest BCUT2D eigenvalue weighted by molar-refractivity contribution is -0.384. The summed E-state index contributed by atoms with van der Waals surface area (Å²) in [6.45, 7) is 1.90. The summed E-state index contributed by atoms with van der Waals surface area (Å²) in [4.78, 5) is 10.2. The summed E-state index contributed by atoms with van der Waals surface area (Å²) in [5, 5.41) is 15.4. The Labute approximate surface area is 167 Å². The predicted molar refractivity (Wildman–Crippen MR) is 103 cm³/mol. The number of rotatable bonds is 5. The number of nitro groups is 1. The van der Waals surface area contributed by atoms with Gasteiger partial charge in [0.1, 0.15) is 17.2 Å². The smallest absolute Gasteiger partial charge is 0.416 e. The van der Waals surface area contributed by atoms with Gasteiger partial charge in [0, 0.05) is 16.7 Å². The van der Waals surface area contributed by atoms with Crippen molar-refractivity contribution in [1.29, 1.82) is 0 Å². The van der Waals surface area contributed by atoms with Crippen LogP contribution in [0.3, 0.4) is 0 Å².